The fraction of sp³-hybridized carbons (Fsp3) is 0.273. The van der Waals surface area contributed by atoms with Gasteiger partial charge >= 0.3 is 22.3 Å². The maximum absolute atomic E-state index is 12.8. The molecule has 0 atom stereocenters. The molecule has 0 aliphatic carbocycles. The molecule has 0 unspecified atom stereocenters. The van der Waals surface area contributed by atoms with Crippen molar-refractivity contribution in [3.05, 3.63) is 23.8 Å². The molecule has 0 aliphatic rings. The number of hydrogen-bond donors (Lipinski definition) is 0. The lowest BCUT2D eigenvalue weighted by molar-refractivity contribution is -0.170. The third-order valence-electron chi connectivity index (χ3n) is 2.68. The zero-order chi connectivity index (χ0) is 18.5. The van der Waals surface area contributed by atoms with Gasteiger partial charge in [-0.15, -0.1) is 0 Å². The first-order valence-corrected chi connectivity index (χ1v) is 7.53. The van der Waals surface area contributed by atoms with Gasteiger partial charge < -0.3 is 4.90 Å². The number of alkyl halides is 3. The normalized spacial score (nSPS) is 15.6. The number of anilines is 1. The summed E-state index contributed by atoms with van der Waals surface area (Å²) < 4.78 is 101. The van der Waals surface area contributed by atoms with E-state index in [1.54, 1.807) is 0 Å². The Kier molecular flexibility index (Phi) is 3.83. The van der Waals surface area contributed by atoms with Crippen LogP contribution in [0.2, 0.25) is 0 Å². The van der Waals surface area contributed by atoms with E-state index in [0.717, 1.165) is 6.92 Å². The molecule has 132 valence electrons. The van der Waals surface area contributed by atoms with Crippen LogP contribution in [0.4, 0.5) is 38.3 Å². The van der Waals surface area contributed by atoms with Crippen LogP contribution < -0.4 is 4.90 Å². The molecule has 0 bridgehead atoms. The molecule has 0 aliphatic heterocycles. The van der Waals surface area contributed by atoms with Crippen molar-refractivity contribution >= 4 is 27.6 Å². The molecule has 0 spiro atoms. The number of ketones is 1. The molecular formula is C11H9F8NO2S. The SMILES string of the molecule is CC(=O)c1cc(N(C)C(=O)C(F)(F)F)cc(S(F)(F)(F)(F)F)c1. The molecule has 1 aromatic carbocycles. The van der Waals surface area contributed by atoms with Gasteiger partial charge in [-0.2, -0.15) is 13.2 Å². The molecule has 12 heteroatoms. The number of Topliss-reactive ketones (excluding diaryl/α,β-unsaturated/α-hetero) is 1. The van der Waals surface area contributed by atoms with Crippen LogP contribution in [0.3, 0.4) is 0 Å². The quantitative estimate of drug-likeness (QED) is 0.549. The van der Waals surface area contributed by atoms with Crippen molar-refractivity contribution in [2.24, 2.45) is 0 Å². The van der Waals surface area contributed by atoms with E-state index in [2.05, 4.69) is 0 Å². The van der Waals surface area contributed by atoms with E-state index >= 15 is 0 Å². The van der Waals surface area contributed by atoms with Gasteiger partial charge in [0, 0.05) is 18.3 Å². The first-order chi connectivity index (χ1) is 9.82. The van der Waals surface area contributed by atoms with E-state index < -0.39 is 44.2 Å². The minimum Gasteiger partial charge on any atom is -0.308 e. The van der Waals surface area contributed by atoms with Crippen molar-refractivity contribution in [1.82, 2.24) is 0 Å². The van der Waals surface area contributed by atoms with Crippen LogP contribution >= 0.6 is 10.2 Å². The monoisotopic (exact) mass is 371 g/mol. The van der Waals surface area contributed by atoms with Gasteiger partial charge in [0.25, 0.3) is 0 Å². The van der Waals surface area contributed by atoms with Crippen LogP contribution in [-0.2, 0) is 4.79 Å². The highest BCUT2D eigenvalue weighted by Gasteiger charge is 2.65. The highest BCUT2D eigenvalue weighted by molar-refractivity contribution is 8.45. The minimum atomic E-state index is -10.3. The summed E-state index contributed by atoms with van der Waals surface area (Å²) in [4.78, 5) is 19.3. The van der Waals surface area contributed by atoms with Gasteiger partial charge in [0.15, 0.2) is 5.78 Å². The number of rotatable bonds is 3. The maximum atomic E-state index is 12.8. The second-order valence-electron chi connectivity index (χ2n) is 4.60. The molecular weight excluding hydrogens is 362 g/mol. The predicted octanol–water partition coefficient (Wildman–Crippen LogP) is 5.07. The van der Waals surface area contributed by atoms with Crippen molar-refractivity contribution < 1.29 is 42.2 Å². The van der Waals surface area contributed by atoms with Crippen LogP contribution in [-0.4, -0.2) is 24.9 Å². The van der Waals surface area contributed by atoms with Crippen molar-refractivity contribution in [2.45, 2.75) is 18.0 Å². The van der Waals surface area contributed by atoms with E-state index in [9.17, 15) is 42.2 Å². The lowest BCUT2D eigenvalue weighted by Gasteiger charge is -2.41. The fourth-order valence-corrected chi connectivity index (χ4v) is 2.20. The molecule has 0 radical (unpaired) electrons. The minimum absolute atomic E-state index is 0.167. The summed E-state index contributed by atoms with van der Waals surface area (Å²) in [6.45, 7) is 0.736. The Morgan fingerprint density at radius 3 is 1.83 bits per heavy atom. The molecule has 0 saturated heterocycles. The number of carbonyl (C=O) groups is 2. The lowest BCUT2D eigenvalue weighted by atomic mass is 10.1. The largest absolute Gasteiger partial charge is 0.471 e. The van der Waals surface area contributed by atoms with Crippen molar-refractivity contribution in [3.8, 4) is 0 Å². The van der Waals surface area contributed by atoms with Crippen molar-refractivity contribution in [1.29, 1.82) is 0 Å². The average Bonchev–Trinajstić information content (AvgIpc) is 2.32. The van der Waals surface area contributed by atoms with Crippen molar-refractivity contribution in [2.75, 3.05) is 11.9 Å². The van der Waals surface area contributed by atoms with E-state index in [1.165, 1.54) is 0 Å². The number of carbonyl (C=O) groups excluding carboxylic acids is 2. The van der Waals surface area contributed by atoms with Gasteiger partial charge in [0.05, 0.1) is 0 Å². The molecule has 0 saturated carbocycles. The molecule has 0 aromatic heterocycles. The Balaban J connectivity index is 3.62. The third kappa shape index (κ3) is 4.56. The van der Waals surface area contributed by atoms with Crippen LogP contribution in [0.15, 0.2) is 23.1 Å². The molecule has 0 N–H and O–H groups in total. The molecule has 3 nitrogen and oxygen atoms in total. The van der Waals surface area contributed by atoms with Gasteiger partial charge in [-0.25, -0.2) is 0 Å². The summed E-state index contributed by atoms with van der Waals surface area (Å²) >= 11 is 0. The van der Waals surface area contributed by atoms with Crippen LogP contribution in [0.1, 0.15) is 17.3 Å². The van der Waals surface area contributed by atoms with E-state index in [0.29, 0.717) is 13.1 Å². The number of amides is 1. The van der Waals surface area contributed by atoms with E-state index in [-0.39, 0.29) is 17.0 Å². The highest BCUT2D eigenvalue weighted by atomic mass is 32.5. The smallest absolute Gasteiger partial charge is 0.308 e. The first kappa shape index (κ1) is 19.2. The number of hydrogen-bond acceptors (Lipinski definition) is 2. The molecule has 1 rings (SSSR count). The molecule has 0 heterocycles. The molecule has 23 heavy (non-hydrogen) atoms. The van der Waals surface area contributed by atoms with E-state index in [4.69, 9.17) is 0 Å². The molecule has 0 fully saturated rings. The maximum Gasteiger partial charge on any atom is 0.471 e. The second-order valence-corrected chi connectivity index (χ2v) is 7.01. The van der Waals surface area contributed by atoms with Crippen LogP contribution in [0, 0.1) is 0 Å². The van der Waals surface area contributed by atoms with Crippen LogP contribution in [0.5, 0.6) is 0 Å². The van der Waals surface area contributed by atoms with Gasteiger partial charge in [-0.1, -0.05) is 19.4 Å². The molecule has 1 amide bonds. The standard InChI is InChI=1S/C11H9F8NO2S/c1-6(21)7-3-8(20(2)10(22)11(12,13)14)5-9(4-7)23(15,16,17,18)19/h3-5H,1-2H3. The Bertz CT molecular complexity index is 680. The van der Waals surface area contributed by atoms with Gasteiger partial charge in [0.1, 0.15) is 4.90 Å². The number of benzene rings is 1. The average molecular weight is 371 g/mol. The zero-order valence-corrected chi connectivity index (χ0v) is 12.2. The summed E-state index contributed by atoms with van der Waals surface area (Å²) in [5, 5.41) is 0. The van der Waals surface area contributed by atoms with Crippen molar-refractivity contribution in [3.63, 3.8) is 0 Å². The van der Waals surface area contributed by atoms with E-state index in [1.807, 2.05) is 0 Å². The Morgan fingerprint density at radius 2 is 1.48 bits per heavy atom. The highest BCUT2D eigenvalue weighted by Crippen LogP contribution is 3.02. The second kappa shape index (κ2) is 4.58. The summed E-state index contributed by atoms with van der Waals surface area (Å²) in [5.41, 5.74) is -2.05. The Labute approximate surface area is 124 Å². The van der Waals surface area contributed by atoms with Gasteiger partial charge in [-0.3, -0.25) is 9.59 Å². The summed E-state index contributed by atoms with van der Waals surface area (Å²) in [5.74, 6) is -3.67. The first-order valence-electron chi connectivity index (χ1n) is 5.58. The summed E-state index contributed by atoms with van der Waals surface area (Å²) in [7, 11) is -9.81. The lowest BCUT2D eigenvalue weighted by Crippen LogP contribution is -2.38. The van der Waals surface area contributed by atoms with Gasteiger partial charge in [-0.05, 0) is 25.1 Å². The summed E-state index contributed by atoms with van der Waals surface area (Å²) in [6.07, 6.45) is -5.43. The fourth-order valence-electron chi connectivity index (χ4n) is 1.51. The summed E-state index contributed by atoms with van der Waals surface area (Å²) in [6, 6.07) is 0.00982. The zero-order valence-electron chi connectivity index (χ0n) is 11.4. The van der Waals surface area contributed by atoms with Crippen LogP contribution in [0.25, 0.3) is 0 Å². The van der Waals surface area contributed by atoms with Gasteiger partial charge in [0.2, 0.25) is 0 Å². The number of halogens is 8. The Morgan fingerprint density at radius 1 is 1.00 bits per heavy atom. The topological polar surface area (TPSA) is 37.4 Å². The predicted molar refractivity (Wildman–Crippen MR) is 67.3 cm³/mol. The molecule has 1 aromatic rings. The third-order valence-corrected chi connectivity index (χ3v) is 3.80. The Hall–Kier alpha value is -1.85. The number of nitrogens with zero attached hydrogens (tertiary/aromatic N) is 1.